The monoisotopic (exact) mass is 382 g/mol. The second-order valence-corrected chi connectivity index (χ2v) is 7.58. The Morgan fingerprint density at radius 2 is 1.00 bits per heavy atom. The predicted octanol–water partition coefficient (Wildman–Crippen LogP) is 2.10. The molecule has 0 spiro atoms. The van der Waals surface area contributed by atoms with Crippen LogP contribution in [0.25, 0.3) is 0 Å². The van der Waals surface area contributed by atoms with Crippen molar-refractivity contribution in [2.75, 3.05) is 26.4 Å². The van der Waals surface area contributed by atoms with Crippen LogP contribution in [0.3, 0.4) is 0 Å². The summed E-state index contributed by atoms with van der Waals surface area (Å²) in [5, 5.41) is 0. The molecule has 2 saturated carbocycles. The van der Waals surface area contributed by atoms with Crippen LogP contribution in [0.2, 0.25) is 0 Å². The third-order valence-electron chi connectivity index (χ3n) is 5.63. The van der Waals surface area contributed by atoms with Crippen LogP contribution in [0.5, 0.6) is 0 Å². The van der Waals surface area contributed by atoms with Crippen LogP contribution in [0.15, 0.2) is 0 Å². The van der Waals surface area contributed by atoms with Gasteiger partial charge >= 0.3 is 11.9 Å². The molecule has 2 rings (SSSR count). The molecule has 0 radical (unpaired) electrons. The van der Waals surface area contributed by atoms with E-state index in [4.69, 9.17) is 14.2 Å². The van der Waals surface area contributed by atoms with Crippen molar-refractivity contribution < 1.29 is 33.4 Å². The molecule has 2 aliphatic rings. The van der Waals surface area contributed by atoms with Crippen LogP contribution in [0.1, 0.15) is 52.4 Å². The molecule has 0 aromatic carbocycles. The molecule has 0 heterocycles. The largest absolute Gasteiger partial charge is 0.463 e. The molecule has 7 nitrogen and oxygen atoms in total. The van der Waals surface area contributed by atoms with Crippen molar-refractivity contribution in [3.05, 3.63) is 0 Å². The van der Waals surface area contributed by atoms with E-state index >= 15 is 0 Å². The van der Waals surface area contributed by atoms with E-state index in [1.807, 2.05) is 0 Å². The first-order chi connectivity index (χ1) is 12.9. The maximum atomic E-state index is 11.9. The van der Waals surface area contributed by atoms with Gasteiger partial charge in [-0.2, -0.15) is 0 Å². The fraction of sp³-hybridized carbons (Fsp3) is 0.800. The smallest absolute Gasteiger partial charge is 0.309 e. The van der Waals surface area contributed by atoms with E-state index in [2.05, 4.69) is 0 Å². The molecule has 2 fully saturated rings. The van der Waals surface area contributed by atoms with Crippen LogP contribution in [0, 0.1) is 23.7 Å². The summed E-state index contributed by atoms with van der Waals surface area (Å²) in [6, 6.07) is 0. The summed E-state index contributed by atoms with van der Waals surface area (Å²) in [6.45, 7) is 3.90. The molecule has 0 aromatic rings. The van der Waals surface area contributed by atoms with E-state index < -0.39 is 0 Å². The van der Waals surface area contributed by atoms with Crippen LogP contribution < -0.4 is 0 Å². The van der Waals surface area contributed by atoms with Gasteiger partial charge in [-0.1, -0.05) is 0 Å². The van der Waals surface area contributed by atoms with Crippen molar-refractivity contribution >= 4 is 23.5 Å². The Labute approximate surface area is 160 Å². The third kappa shape index (κ3) is 6.72. The first-order valence-electron chi connectivity index (χ1n) is 9.80. The molecular formula is C20H30O7. The number of ether oxygens (including phenoxy) is 3. The lowest BCUT2D eigenvalue weighted by molar-refractivity contribution is -0.151. The van der Waals surface area contributed by atoms with Gasteiger partial charge < -0.3 is 14.2 Å². The third-order valence-corrected chi connectivity index (χ3v) is 5.63. The second kappa shape index (κ2) is 10.5. The predicted molar refractivity (Wildman–Crippen MR) is 95.8 cm³/mol. The minimum atomic E-state index is -0.268. The first kappa shape index (κ1) is 21.5. The summed E-state index contributed by atoms with van der Waals surface area (Å²) >= 11 is 0. The van der Waals surface area contributed by atoms with Gasteiger partial charge in [-0.3, -0.25) is 19.2 Å². The first-order valence-corrected chi connectivity index (χ1v) is 9.80. The molecular weight excluding hydrogens is 352 g/mol. The summed E-state index contributed by atoms with van der Waals surface area (Å²) < 4.78 is 15.7. The molecule has 27 heavy (non-hydrogen) atoms. The fourth-order valence-corrected chi connectivity index (χ4v) is 3.87. The summed E-state index contributed by atoms with van der Waals surface area (Å²) in [7, 11) is 0. The van der Waals surface area contributed by atoms with E-state index in [0.29, 0.717) is 25.7 Å². The highest BCUT2D eigenvalue weighted by Gasteiger charge is 2.34. The van der Waals surface area contributed by atoms with E-state index in [1.165, 1.54) is 0 Å². The van der Waals surface area contributed by atoms with Crippen molar-refractivity contribution in [2.45, 2.75) is 52.4 Å². The lowest BCUT2D eigenvalue weighted by Crippen LogP contribution is -2.21. The van der Waals surface area contributed by atoms with Crippen molar-refractivity contribution in [3.8, 4) is 0 Å². The molecule has 0 aliphatic heterocycles. The lowest BCUT2D eigenvalue weighted by Gasteiger charge is -2.12. The Hall–Kier alpha value is -1.76. The number of carbonyl (C=O) groups excluding carboxylic acids is 4. The topological polar surface area (TPSA) is 96.0 Å². The quantitative estimate of drug-likeness (QED) is 0.422. The molecule has 7 heteroatoms. The number of Topliss-reactive ketones (excluding diaryl/α,β-unsaturated/α-hetero) is 2. The standard InChI is InChI=1S/C20H30O7/c1-13(21)15-3-5-17(11-15)19(23)26-9-7-25-8-10-27-20(24)18-6-4-16(12-18)14(2)22/h15-18H,3-12H2,1-2H3/t15-,16+,17+,18-. The van der Waals surface area contributed by atoms with Gasteiger partial charge in [-0.15, -0.1) is 0 Å². The Morgan fingerprint density at radius 1 is 0.630 bits per heavy atom. The van der Waals surface area contributed by atoms with Gasteiger partial charge in [-0.05, 0) is 52.4 Å². The van der Waals surface area contributed by atoms with Gasteiger partial charge in [0.15, 0.2) is 0 Å². The Morgan fingerprint density at radius 3 is 1.33 bits per heavy atom. The average molecular weight is 382 g/mol. The number of ketones is 2. The minimum absolute atomic E-state index is 0.0147. The number of hydrogen-bond donors (Lipinski definition) is 0. The van der Waals surface area contributed by atoms with Crippen LogP contribution in [0.4, 0.5) is 0 Å². The zero-order valence-electron chi connectivity index (χ0n) is 16.2. The summed E-state index contributed by atoms with van der Waals surface area (Å²) in [5.41, 5.74) is 0. The molecule has 0 saturated heterocycles. The summed E-state index contributed by atoms with van der Waals surface area (Å²) in [6.07, 6.45) is 4.07. The number of esters is 2. The molecule has 0 aromatic heterocycles. The van der Waals surface area contributed by atoms with Gasteiger partial charge in [0.05, 0.1) is 25.0 Å². The number of rotatable bonds is 10. The van der Waals surface area contributed by atoms with Gasteiger partial charge in [-0.25, -0.2) is 0 Å². The van der Waals surface area contributed by atoms with Gasteiger partial charge in [0.1, 0.15) is 24.8 Å². The number of hydrogen-bond acceptors (Lipinski definition) is 7. The SMILES string of the molecule is CC(=O)[C@@H]1CC[C@H](C(=O)OCCOCCOC(=O)[C@@H]2CC[C@H](C(C)=O)C2)C1. The van der Waals surface area contributed by atoms with Gasteiger partial charge in [0.25, 0.3) is 0 Å². The van der Waals surface area contributed by atoms with E-state index in [1.54, 1.807) is 13.8 Å². The highest BCUT2D eigenvalue weighted by atomic mass is 16.6. The Balaban J connectivity index is 1.48. The van der Waals surface area contributed by atoms with Crippen LogP contribution >= 0.6 is 0 Å². The maximum Gasteiger partial charge on any atom is 0.309 e. The second-order valence-electron chi connectivity index (χ2n) is 7.58. The van der Waals surface area contributed by atoms with E-state index in [0.717, 1.165) is 12.8 Å². The maximum absolute atomic E-state index is 11.9. The highest BCUT2D eigenvalue weighted by molar-refractivity contribution is 5.81. The fourth-order valence-electron chi connectivity index (χ4n) is 3.87. The normalized spacial score (nSPS) is 27.3. The molecule has 2 aliphatic carbocycles. The molecule has 4 atom stereocenters. The van der Waals surface area contributed by atoms with Crippen LogP contribution in [-0.4, -0.2) is 49.9 Å². The van der Waals surface area contributed by atoms with Gasteiger partial charge in [0.2, 0.25) is 0 Å². The zero-order valence-corrected chi connectivity index (χ0v) is 16.2. The summed E-state index contributed by atoms with van der Waals surface area (Å²) in [5.74, 6) is -0.673. The molecule has 152 valence electrons. The Kier molecular flexibility index (Phi) is 8.41. The summed E-state index contributed by atoms with van der Waals surface area (Å²) in [4.78, 5) is 46.5. The Bertz CT molecular complexity index is 509. The average Bonchev–Trinajstić information content (AvgIpc) is 3.30. The molecule has 0 N–H and O–H groups in total. The van der Waals surface area contributed by atoms with Crippen molar-refractivity contribution in [2.24, 2.45) is 23.7 Å². The van der Waals surface area contributed by atoms with Crippen molar-refractivity contribution in [3.63, 3.8) is 0 Å². The van der Waals surface area contributed by atoms with Crippen LogP contribution in [-0.2, 0) is 33.4 Å². The zero-order chi connectivity index (χ0) is 19.8. The molecule has 0 amide bonds. The van der Waals surface area contributed by atoms with Crippen molar-refractivity contribution in [1.82, 2.24) is 0 Å². The lowest BCUT2D eigenvalue weighted by atomic mass is 10.0. The minimum Gasteiger partial charge on any atom is -0.463 e. The van der Waals surface area contributed by atoms with E-state index in [-0.39, 0.29) is 73.6 Å². The van der Waals surface area contributed by atoms with Gasteiger partial charge in [0, 0.05) is 11.8 Å². The highest BCUT2D eigenvalue weighted by Crippen LogP contribution is 2.33. The number of carbonyl (C=O) groups is 4. The molecule has 0 unspecified atom stereocenters. The van der Waals surface area contributed by atoms with Crippen molar-refractivity contribution in [1.29, 1.82) is 0 Å². The van der Waals surface area contributed by atoms with E-state index in [9.17, 15) is 19.2 Å². The molecule has 0 bridgehead atoms.